The summed E-state index contributed by atoms with van der Waals surface area (Å²) in [6, 6.07) is 9.43. The highest BCUT2D eigenvalue weighted by Crippen LogP contribution is 2.31. The van der Waals surface area contributed by atoms with Gasteiger partial charge in [-0.1, -0.05) is 18.2 Å². The highest BCUT2D eigenvalue weighted by atomic mass is 15.2. The zero-order valence-corrected chi connectivity index (χ0v) is 10.7. The van der Waals surface area contributed by atoms with Gasteiger partial charge in [0.05, 0.1) is 0 Å². The van der Waals surface area contributed by atoms with Crippen molar-refractivity contribution in [1.29, 1.82) is 0 Å². The number of hydrogen-bond acceptors (Lipinski definition) is 2. The highest BCUT2D eigenvalue weighted by molar-refractivity contribution is 5.52. The van der Waals surface area contributed by atoms with Crippen molar-refractivity contribution in [3.8, 4) is 0 Å². The van der Waals surface area contributed by atoms with Gasteiger partial charge < -0.3 is 10.2 Å². The van der Waals surface area contributed by atoms with Gasteiger partial charge in [-0.3, -0.25) is 0 Å². The molecule has 0 saturated heterocycles. The van der Waals surface area contributed by atoms with E-state index in [4.69, 9.17) is 0 Å². The third-order valence-corrected chi connectivity index (χ3v) is 4.16. The van der Waals surface area contributed by atoms with Crippen molar-refractivity contribution in [3.63, 3.8) is 0 Å². The first-order valence-corrected chi connectivity index (χ1v) is 6.85. The van der Waals surface area contributed by atoms with Crippen molar-refractivity contribution < 1.29 is 0 Å². The Morgan fingerprint density at radius 3 is 2.88 bits per heavy atom. The second-order valence-corrected chi connectivity index (χ2v) is 5.61. The van der Waals surface area contributed by atoms with E-state index < -0.39 is 0 Å². The molecular formula is C15H22N2. The quantitative estimate of drug-likeness (QED) is 0.859. The van der Waals surface area contributed by atoms with Gasteiger partial charge in [-0.05, 0) is 50.3 Å². The fourth-order valence-electron chi connectivity index (χ4n) is 2.80. The molecule has 1 heterocycles. The van der Waals surface area contributed by atoms with Crippen LogP contribution in [0.3, 0.4) is 0 Å². The zero-order valence-electron chi connectivity index (χ0n) is 10.7. The van der Waals surface area contributed by atoms with Crippen molar-refractivity contribution in [2.45, 2.75) is 31.7 Å². The van der Waals surface area contributed by atoms with Gasteiger partial charge in [0.15, 0.2) is 0 Å². The van der Waals surface area contributed by atoms with Crippen LogP contribution in [0.1, 0.15) is 24.8 Å². The number of hydrogen-bond donors (Lipinski definition) is 1. The van der Waals surface area contributed by atoms with Crippen LogP contribution in [0.25, 0.3) is 0 Å². The summed E-state index contributed by atoms with van der Waals surface area (Å²) in [5.74, 6) is 0.991. The minimum atomic E-state index is 0.697. The van der Waals surface area contributed by atoms with Crippen LogP contribution < -0.4 is 5.32 Å². The first-order valence-electron chi connectivity index (χ1n) is 6.85. The summed E-state index contributed by atoms with van der Waals surface area (Å²) in [4.78, 5) is 2.57. The fourth-order valence-corrected chi connectivity index (χ4v) is 2.80. The molecule has 0 radical (unpaired) electrons. The van der Waals surface area contributed by atoms with E-state index in [-0.39, 0.29) is 0 Å². The molecule has 1 aliphatic heterocycles. The third-order valence-electron chi connectivity index (χ3n) is 4.16. The van der Waals surface area contributed by atoms with E-state index in [9.17, 15) is 0 Å². The minimum absolute atomic E-state index is 0.697. The molecule has 1 N–H and O–H groups in total. The Morgan fingerprint density at radius 2 is 2.06 bits per heavy atom. The largest absolute Gasteiger partial charge is 0.383 e. The lowest BCUT2D eigenvalue weighted by Gasteiger charge is -2.27. The Morgan fingerprint density at radius 1 is 1.24 bits per heavy atom. The van der Waals surface area contributed by atoms with Crippen LogP contribution in [-0.2, 0) is 6.42 Å². The van der Waals surface area contributed by atoms with Crippen LogP contribution in [0, 0.1) is 5.92 Å². The maximum atomic E-state index is 3.61. The molecule has 1 aromatic rings. The number of aryl methyl sites for hydroxylation is 1. The van der Waals surface area contributed by atoms with Gasteiger partial charge in [0.2, 0.25) is 0 Å². The predicted molar refractivity (Wildman–Crippen MR) is 72.4 cm³/mol. The summed E-state index contributed by atoms with van der Waals surface area (Å²) in [6.45, 7) is 2.39. The third kappa shape index (κ3) is 2.63. The number of para-hydroxylation sites is 1. The number of benzene rings is 1. The Kier molecular flexibility index (Phi) is 3.06. The number of fused-ring (bicyclic) bond motifs is 1. The average molecular weight is 230 g/mol. The smallest absolute Gasteiger partial charge is 0.0373 e. The van der Waals surface area contributed by atoms with E-state index in [1.807, 2.05) is 0 Å². The Hall–Kier alpha value is -1.02. The monoisotopic (exact) mass is 230 g/mol. The summed E-state index contributed by atoms with van der Waals surface area (Å²) in [6.07, 6.45) is 5.39. The number of likely N-dealkylation sites (N-methyl/N-ethyl adjacent to an activating group) is 1. The second-order valence-electron chi connectivity index (χ2n) is 5.61. The van der Waals surface area contributed by atoms with Crippen LogP contribution in [0.2, 0.25) is 0 Å². The topological polar surface area (TPSA) is 15.3 Å². The van der Waals surface area contributed by atoms with Gasteiger partial charge in [-0.15, -0.1) is 0 Å². The number of nitrogens with one attached hydrogen (secondary N) is 1. The molecule has 2 nitrogen and oxygen atoms in total. The Labute approximate surface area is 104 Å². The van der Waals surface area contributed by atoms with Crippen LogP contribution in [-0.4, -0.2) is 31.1 Å². The summed E-state index contributed by atoms with van der Waals surface area (Å²) < 4.78 is 0. The maximum Gasteiger partial charge on any atom is 0.0373 e. The normalized spacial score (nSPS) is 24.0. The molecule has 1 aliphatic carbocycles. The van der Waals surface area contributed by atoms with Crippen molar-refractivity contribution in [2.24, 2.45) is 5.92 Å². The first kappa shape index (κ1) is 11.1. The minimum Gasteiger partial charge on any atom is -0.383 e. The molecule has 2 aliphatic rings. The fraction of sp³-hybridized carbons (Fsp3) is 0.600. The van der Waals surface area contributed by atoms with Gasteiger partial charge in [-0.25, -0.2) is 0 Å². The molecule has 1 unspecified atom stereocenters. The molecule has 3 rings (SSSR count). The molecule has 0 aromatic heterocycles. The highest BCUT2D eigenvalue weighted by Gasteiger charge is 2.26. The molecule has 92 valence electrons. The average Bonchev–Trinajstić information content (AvgIpc) is 3.14. The summed E-state index contributed by atoms with van der Waals surface area (Å²) in [5.41, 5.74) is 2.82. The summed E-state index contributed by atoms with van der Waals surface area (Å²) in [5, 5.41) is 3.61. The number of anilines is 1. The molecule has 17 heavy (non-hydrogen) atoms. The molecule has 2 heteroatoms. The van der Waals surface area contributed by atoms with Crippen LogP contribution in [0.4, 0.5) is 5.69 Å². The molecule has 0 amide bonds. The summed E-state index contributed by atoms with van der Waals surface area (Å²) in [7, 11) is 2.29. The van der Waals surface area contributed by atoms with Crippen LogP contribution >= 0.6 is 0 Å². The molecule has 1 aromatic carbocycles. The SMILES string of the molecule is CN(CC1CC1)C1CCc2ccccc2NC1. The second kappa shape index (κ2) is 4.69. The first-order chi connectivity index (χ1) is 8.33. The molecular weight excluding hydrogens is 208 g/mol. The Balaban J connectivity index is 1.63. The predicted octanol–water partition coefficient (Wildman–Crippen LogP) is 2.76. The van der Waals surface area contributed by atoms with Crippen LogP contribution in [0.5, 0.6) is 0 Å². The van der Waals surface area contributed by atoms with E-state index in [2.05, 4.69) is 41.5 Å². The maximum absolute atomic E-state index is 3.61. The summed E-state index contributed by atoms with van der Waals surface area (Å²) >= 11 is 0. The van der Waals surface area contributed by atoms with E-state index in [0.29, 0.717) is 6.04 Å². The number of nitrogens with zero attached hydrogens (tertiary/aromatic N) is 1. The zero-order chi connectivity index (χ0) is 11.7. The standard InChI is InChI=1S/C15H22N2/c1-17(11-12-6-7-12)14-9-8-13-4-2-3-5-15(13)16-10-14/h2-5,12,14,16H,6-11H2,1H3. The van der Waals surface area contributed by atoms with Crippen molar-refractivity contribution in [3.05, 3.63) is 29.8 Å². The van der Waals surface area contributed by atoms with Crippen LogP contribution in [0.15, 0.2) is 24.3 Å². The van der Waals surface area contributed by atoms with Crippen molar-refractivity contribution in [2.75, 3.05) is 25.5 Å². The Bertz CT molecular complexity index is 357. The van der Waals surface area contributed by atoms with E-state index >= 15 is 0 Å². The molecule has 1 atom stereocenters. The molecule has 1 saturated carbocycles. The van der Waals surface area contributed by atoms with Crippen molar-refractivity contribution in [1.82, 2.24) is 4.90 Å². The van der Waals surface area contributed by atoms with Gasteiger partial charge in [-0.2, -0.15) is 0 Å². The van der Waals surface area contributed by atoms with Gasteiger partial charge in [0, 0.05) is 24.8 Å². The van der Waals surface area contributed by atoms with E-state index in [1.54, 1.807) is 0 Å². The van der Waals surface area contributed by atoms with E-state index in [0.717, 1.165) is 12.5 Å². The molecule has 0 bridgehead atoms. The molecule has 0 spiro atoms. The van der Waals surface area contributed by atoms with Crippen molar-refractivity contribution >= 4 is 5.69 Å². The lowest BCUT2D eigenvalue weighted by atomic mass is 10.1. The van der Waals surface area contributed by atoms with Gasteiger partial charge in [0.1, 0.15) is 0 Å². The number of rotatable bonds is 3. The van der Waals surface area contributed by atoms with Gasteiger partial charge in [0.25, 0.3) is 0 Å². The van der Waals surface area contributed by atoms with Gasteiger partial charge >= 0.3 is 0 Å². The van der Waals surface area contributed by atoms with E-state index in [1.165, 1.54) is 43.5 Å². The molecule has 1 fully saturated rings. The lowest BCUT2D eigenvalue weighted by Crippen LogP contribution is -2.38. The lowest BCUT2D eigenvalue weighted by molar-refractivity contribution is 0.232.